The van der Waals surface area contributed by atoms with Crippen molar-refractivity contribution in [3.05, 3.63) is 53.6 Å². The summed E-state index contributed by atoms with van der Waals surface area (Å²) in [5, 5.41) is 0. The number of anilines is 2. The van der Waals surface area contributed by atoms with E-state index in [9.17, 15) is 13.2 Å². The van der Waals surface area contributed by atoms with E-state index in [1.54, 1.807) is 48.2 Å². The topological polar surface area (TPSA) is 66.5 Å². The van der Waals surface area contributed by atoms with Crippen molar-refractivity contribution in [2.75, 3.05) is 16.2 Å². The summed E-state index contributed by atoms with van der Waals surface area (Å²) in [5.74, 6) is 0.0910. The van der Waals surface area contributed by atoms with E-state index in [2.05, 4.69) is 4.72 Å². The van der Waals surface area contributed by atoms with E-state index in [0.29, 0.717) is 24.2 Å². The van der Waals surface area contributed by atoms with Crippen LogP contribution in [-0.4, -0.2) is 20.9 Å². The van der Waals surface area contributed by atoms with Crippen molar-refractivity contribution < 1.29 is 13.2 Å². The lowest BCUT2D eigenvalue weighted by atomic mass is 10.1. The second-order valence-corrected chi connectivity index (χ2v) is 8.03. The molecular weight excluding hydrogens is 336 g/mol. The molecule has 2 aromatic carbocycles. The third-order valence-electron chi connectivity index (χ3n) is 4.46. The number of piperidine rings is 1. The first kappa shape index (κ1) is 17.5. The van der Waals surface area contributed by atoms with Crippen LogP contribution >= 0.6 is 0 Å². The molecule has 1 amide bonds. The zero-order valence-electron chi connectivity index (χ0n) is 14.5. The maximum absolute atomic E-state index is 12.7. The normalized spacial score (nSPS) is 15.3. The van der Waals surface area contributed by atoms with Gasteiger partial charge in [0.15, 0.2) is 0 Å². The van der Waals surface area contributed by atoms with Crippen LogP contribution in [0, 0.1) is 13.8 Å². The third kappa shape index (κ3) is 3.69. The Morgan fingerprint density at radius 2 is 1.76 bits per heavy atom. The molecule has 0 aliphatic carbocycles. The Labute approximate surface area is 148 Å². The van der Waals surface area contributed by atoms with Gasteiger partial charge in [0.05, 0.1) is 10.6 Å². The number of amides is 1. The summed E-state index contributed by atoms with van der Waals surface area (Å²) >= 11 is 0. The quantitative estimate of drug-likeness (QED) is 0.908. The van der Waals surface area contributed by atoms with Gasteiger partial charge in [-0.1, -0.05) is 24.3 Å². The van der Waals surface area contributed by atoms with Crippen LogP contribution in [0.1, 0.15) is 30.4 Å². The fraction of sp³-hybridized carbons (Fsp3) is 0.316. The van der Waals surface area contributed by atoms with Crippen molar-refractivity contribution in [1.29, 1.82) is 0 Å². The molecule has 132 valence electrons. The lowest BCUT2D eigenvalue weighted by Crippen LogP contribution is -2.35. The minimum absolute atomic E-state index is 0.0910. The number of hydrogen-bond acceptors (Lipinski definition) is 3. The summed E-state index contributed by atoms with van der Waals surface area (Å²) in [7, 11) is -3.67. The maximum Gasteiger partial charge on any atom is 0.262 e. The van der Waals surface area contributed by atoms with Gasteiger partial charge in [-0.15, -0.1) is 0 Å². The van der Waals surface area contributed by atoms with Gasteiger partial charge in [0.2, 0.25) is 5.91 Å². The molecule has 1 heterocycles. The molecule has 25 heavy (non-hydrogen) atoms. The van der Waals surface area contributed by atoms with Crippen LogP contribution in [-0.2, 0) is 14.8 Å². The number of aryl methyl sites for hydroxylation is 2. The minimum atomic E-state index is -3.67. The van der Waals surface area contributed by atoms with E-state index in [1.165, 1.54) is 0 Å². The number of carbonyl (C=O) groups excluding carboxylic acids is 1. The Balaban J connectivity index is 1.92. The van der Waals surface area contributed by atoms with Crippen LogP contribution in [0.15, 0.2) is 47.4 Å². The van der Waals surface area contributed by atoms with Crippen molar-refractivity contribution in [2.24, 2.45) is 0 Å². The largest absolute Gasteiger partial charge is 0.312 e. The molecule has 1 fully saturated rings. The van der Waals surface area contributed by atoms with Crippen molar-refractivity contribution in [3.63, 3.8) is 0 Å². The molecule has 0 radical (unpaired) electrons. The first-order valence-corrected chi connectivity index (χ1v) is 9.86. The summed E-state index contributed by atoms with van der Waals surface area (Å²) in [6.45, 7) is 4.37. The second kappa shape index (κ2) is 6.88. The number of hydrogen-bond donors (Lipinski definition) is 1. The molecule has 1 saturated heterocycles. The van der Waals surface area contributed by atoms with E-state index in [0.717, 1.165) is 24.1 Å². The van der Waals surface area contributed by atoms with Crippen molar-refractivity contribution in [3.8, 4) is 0 Å². The molecule has 1 aliphatic rings. The standard InChI is InChI=1S/C19H22N2O3S/c1-14-10-11-16(13-17(14)21-12-6-5-9-19(21)22)20-25(23,24)18-8-4-3-7-15(18)2/h3-4,7-8,10-11,13,20H,5-6,9,12H2,1-2H3. The van der Waals surface area contributed by atoms with E-state index >= 15 is 0 Å². The zero-order valence-corrected chi connectivity index (χ0v) is 15.3. The summed E-state index contributed by atoms with van der Waals surface area (Å²) in [4.78, 5) is 14.2. The molecular formula is C19H22N2O3S. The predicted molar refractivity (Wildman–Crippen MR) is 99.4 cm³/mol. The fourth-order valence-corrected chi connectivity index (χ4v) is 4.39. The molecule has 1 aliphatic heterocycles. The Hall–Kier alpha value is -2.34. The van der Waals surface area contributed by atoms with Gasteiger partial charge in [0.1, 0.15) is 0 Å². The lowest BCUT2D eigenvalue weighted by Gasteiger charge is -2.28. The molecule has 2 aromatic rings. The van der Waals surface area contributed by atoms with Gasteiger partial charge in [0, 0.05) is 18.7 Å². The molecule has 3 rings (SSSR count). The molecule has 0 aromatic heterocycles. The third-order valence-corrected chi connectivity index (χ3v) is 6.00. The number of rotatable bonds is 4. The van der Waals surface area contributed by atoms with Gasteiger partial charge >= 0.3 is 0 Å². The molecule has 5 nitrogen and oxygen atoms in total. The predicted octanol–water partition coefficient (Wildman–Crippen LogP) is 3.62. The number of carbonyl (C=O) groups is 1. The average Bonchev–Trinajstić information content (AvgIpc) is 2.57. The summed E-state index contributed by atoms with van der Waals surface area (Å²) < 4.78 is 28.0. The summed E-state index contributed by atoms with van der Waals surface area (Å²) in [6, 6.07) is 12.2. The molecule has 1 N–H and O–H groups in total. The highest BCUT2D eigenvalue weighted by Gasteiger charge is 2.22. The highest BCUT2D eigenvalue weighted by atomic mass is 32.2. The van der Waals surface area contributed by atoms with Crippen LogP contribution < -0.4 is 9.62 Å². The Morgan fingerprint density at radius 1 is 1.00 bits per heavy atom. The number of benzene rings is 2. The fourth-order valence-electron chi connectivity index (χ4n) is 3.09. The van der Waals surface area contributed by atoms with Crippen LogP contribution in [0.3, 0.4) is 0 Å². The molecule has 0 bridgehead atoms. The summed E-state index contributed by atoms with van der Waals surface area (Å²) in [5.41, 5.74) is 2.87. The smallest absolute Gasteiger partial charge is 0.262 e. The van der Waals surface area contributed by atoms with Gasteiger partial charge in [-0.3, -0.25) is 9.52 Å². The van der Waals surface area contributed by atoms with Crippen LogP contribution in [0.25, 0.3) is 0 Å². The number of sulfonamides is 1. The second-order valence-electron chi connectivity index (χ2n) is 6.37. The zero-order chi connectivity index (χ0) is 18.0. The molecule has 0 atom stereocenters. The van der Waals surface area contributed by atoms with Gasteiger partial charge in [-0.2, -0.15) is 0 Å². The van der Waals surface area contributed by atoms with Gasteiger partial charge < -0.3 is 4.90 Å². The van der Waals surface area contributed by atoms with E-state index in [1.807, 2.05) is 13.0 Å². The van der Waals surface area contributed by atoms with E-state index in [4.69, 9.17) is 0 Å². The SMILES string of the molecule is Cc1ccc(NS(=O)(=O)c2ccccc2C)cc1N1CCCCC1=O. The molecule has 0 spiro atoms. The molecule has 6 heteroatoms. The lowest BCUT2D eigenvalue weighted by molar-refractivity contribution is -0.119. The van der Waals surface area contributed by atoms with Crippen LogP contribution in [0.4, 0.5) is 11.4 Å². The van der Waals surface area contributed by atoms with Gasteiger partial charge in [-0.25, -0.2) is 8.42 Å². The maximum atomic E-state index is 12.7. The van der Waals surface area contributed by atoms with Gasteiger partial charge in [0.25, 0.3) is 10.0 Å². The first-order chi connectivity index (χ1) is 11.9. The molecule has 0 saturated carbocycles. The van der Waals surface area contributed by atoms with Crippen LogP contribution in [0.2, 0.25) is 0 Å². The van der Waals surface area contributed by atoms with Gasteiger partial charge in [-0.05, 0) is 56.0 Å². The van der Waals surface area contributed by atoms with Crippen molar-refractivity contribution in [2.45, 2.75) is 38.0 Å². The Kier molecular flexibility index (Phi) is 4.81. The number of nitrogens with one attached hydrogen (secondary N) is 1. The highest BCUT2D eigenvalue weighted by molar-refractivity contribution is 7.92. The Morgan fingerprint density at radius 3 is 2.48 bits per heavy atom. The molecule has 0 unspecified atom stereocenters. The Bertz CT molecular complexity index is 907. The highest BCUT2D eigenvalue weighted by Crippen LogP contribution is 2.29. The van der Waals surface area contributed by atoms with Crippen molar-refractivity contribution >= 4 is 27.3 Å². The van der Waals surface area contributed by atoms with E-state index in [-0.39, 0.29) is 10.8 Å². The van der Waals surface area contributed by atoms with Crippen LogP contribution in [0.5, 0.6) is 0 Å². The minimum Gasteiger partial charge on any atom is -0.312 e. The van der Waals surface area contributed by atoms with Crippen molar-refractivity contribution in [1.82, 2.24) is 0 Å². The first-order valence-electron chi connectivity index (χ1n) is 8.38. The average molecular weight is 358 g/mol. The van der Waals surface area contributed by atoms with E-state index < -0.39 is 10.0 Å². The summed E-state index contributed by atoms with van der Waals surface area (Å²) in [6.07, 6.45) is 2.41. The monoisotopic (exact) mass is 358 g/mol. The number of nitrogens with zero attached hydrogens (tertiary/aromatic N) is 1.